The lowest BCUT2D eigenvalue weighted by molar-refractivity contribution is -0.131. The molecule has 0 bridgehead atoms. The molecule has 110 valence electrons. The zero-order valence-corrected chi connectivity index (χ0v) is 13.0. The molecule has 0 spiro atoms. The third kappa shape index (κ3) is 5.18. The van der Waals surface area contributed by atoms with E-state index >= 15 is 0 Å². The van der Waals surface area contributed by atoms with Gasteiger partial charge in [-0.1, -0.05) is 28.1 Å². The monoisotopic (exact) mass is 344 g/mol. The lowest BCUT2D eigenvalue weighted by Crippen LogP contribution is -2.41. The van der Waals surface area contributed by atoms with Gasteiger partial charge in [0.2, 0.25) is 0 Å². The zero-order valence-electron chi connectivity index (χ0n) is 11.4. The molecule has 0 fully saturated rings. The molecule has 1 rings (SSSR count). The van der Waals surface area contributed by atoms with Crippen LogP contribution in [-0.4, -0.2) is 22.8 Å². The summed E-state index contributed by atoms with van der Waals surface area (Å²) >= 11 is 3.28. The van der Waals surface area contributed by atoms with Crippen molar-refractivity contribution in [1.82, 2.24) is 10.8 Å². The molecule has 1 aromatic rings. The molecule has 1 atom stereocenters. The van der Waals surface area contributed by atoms with Gasteiger partial charge in [0.15, 0.2) is 0 Å². The van der Waals surface area contributed by atoms with E-state index in [1.54, 1.807) is 45.0 Å². The summed E-state index contributed by atoms with van der Waals surface area (Å²) in [6.07, 6.45) is -0.742. The number of amides is 2. The van der Waals surface area contributed by atoms with Crippen LogP contribution < -0.4 is 10.8 Å². The number of rotatable bonds is 3. The summed E-state index contributed by atoms with van der Waals surface area (Å²) in [4.78, 5) is 23.4. The summed E-state index contributed by atoms with van der Waals surface area (Å²) in [5.74, 6) is -0.752. The third-order valence-electron chi connectivity index (χ3n) is 2.24. The molecular weight excluding hydrogens is 328 g/mol. The summed E-state index contributed by atoms with van der Waals surface area (Å²) < 4.78 is 5.92. The van der Waals surface area contributed by atoms with Crippen LogP contribution in [0.4, 0.5) is 4.79 Å². The van der Waals surface area contributed by atoms with Gasteiger partial charge in [0.05, 0.1) is 0 Å². The van der Waals surface area contributed by atoms with Gasteiger partial charge >= 0.3 is 6.09 Å². The van der Waals surface area contributed by atoms with E-state index in [1.165, 1.54) is 5.48 Å². The average molecular weight is 345 g/mol. The standard InChI is InChI=1S/C13H17BrN2O4/c1-13(2,3)20-12(18)15-10(11(17)16-19)8-4-6-9(14)7-5-8/h4-7,10,19H,1-3H3,(H,15,18)(H,16,17)/t10-/m0/s1. The van der Waals surface area contributed by atoms with Gasteiger partial charge in [-0.2, -0.15) is 0 Å². The third-order valence-corrected chi connectivity index (χ3v) is 2.77. The number of hydrogen-bond donors (Lipinski definition) is 3. The lowest BCUT2D eigenvalue weighted by Gasteiger charge is -2.23. The number of hydroxylamine groups is 1. The highest BCUT2D eigenvalue weighted by Crippen LogP contribution is 2.18. The first kappa shape index (κ1) is 16.5. The van der Waals surface area contributed by atoms with Crippen LogP contribution in [0.1, 0.15) is 32.4 Å². The molecular formula is C13H17BrN2O4. The van der Waals surface area contributed by atoms with Crippen LogP contribution in [0.2, 0.25) is 0 Å². The van der Waals surface area contributed by atoms with Gasteiger partial charge in [-0.25, -0.2) is 10.3 Å². The fourth-order valence-electron chi connectivity index (χ4n) is 1.45. The van der Waals surface area contributed by atoms with Crippen LogP contribution in [0.15, 0.2) is 28.7 Å². The van der Waals surface area contributed by atoms with Crippen LogP contribution >= 0.6 is 15.9 Å². The van der Waals surface area contributed by atoms with Crippen LogP contribution in [0.5, 0.6) is 0 Å². The SMILES string of the molecule is CC(C)(C)OC(=O)N[C@H](C(=O)NO)c1ccc(Br)cc1. The highest BCUT2D eigenvalue weighted by atomic mass is 79.9. The number of ether oxygens (including phenoxy) is 1. The van der Waals surface area contributed by atoms with Gasteiger partial charge in [-0.15, -0.1) is 0 Å². The number of hydrogen-bond acceptors (Lipinski definition) is 4. The first-order valence-electron chi connectivity index (χ1n) is 5.92. The van der Waals surface area contributed by atoms with Crippen LogP contribution in [0.25, 0.3) is 0 Å². The summed E-state index contributed by atoms with van der Waals surface area (Å²) in [5, 5.41) is 11.2. The largest absolute Gasteiger partial charge is 0.444 e. The smallest absolute Gasteiger partial charge is 0.408 e. The summed E-state index contributed by atoms with van der Waals surface area (Å²) in [6, 6.07) is 5.72. The van der Waals surface area contributed by atoms with E-state index in [-0.39, 0.29) is 0 Å². The van der Waals surface area contributed by atoms with Gasteiger partial charge < -0.3 is 10.1 Å². The predicted octanol–water partition coefficient (Wildman–Crippen LogP) is 2.52. The number of carbonyl (C=O) groups excluding carboxylic acids is 2. The molecule has 0 saturated carbocycles. The molecule has 0 aliphatic heterocycles. The average Bonchev–Trinajstić information content (AvgIpc) is 2.34. The van der Waals surface area contributed by atoms with Crippen molar-refractivity contribution in [2.75, 3.05) is 0 Å². The number of benzene rings is 1. The van der Waals surface area contributed by atoms with Crippen LogP contribution in [-0.2, 0) is 9.53 Å². The normalized spacial score (nSPS) is 12.4. The van der Waals surface area contributed by atoms with E-state index in [2.05, 4.69) is 21.2 Å². The molecule has 0 saturated heterocycles. The van der Waals surface area contributed by atoms with Gasteiger partial charge in [0.25, 0.3) is 5.91 Å². The Bertz CT molecular complexity index is 482. The maximum absolute atomic E-state index is 11.7. The number of carbonyl (C=O) groups is 2. The fourth-order valence-corrected chi connectivity index (χ4v) is 1.71. The zero-order chi connectivity index (χ0) is 15.3. The molecule has 20 heavy (non-hydrogen) atoms. The lowest BCUT2D eigenvalue weighted by atomic mass is 10.1. The highest BCUT2D eigenvalue weighted by molar-refractivity contribution is 9.10. The number of nitrogens with one attached hydrogen (secondary N) is 2. The Morgan fingerprint density at radius 1 is 1.25 bits per heavy atom. The van der Waals surface area contributed by atoms with Crippen molar-refractivity contribution in [1.29, 1.82) is 0 Å². The Hall–Kier alpha value is -1.60. The first-order chi connectivity index (χ1) is 9.23. The number of alkyl carbamates (subject to hydrolysis) is 1. The van der Waals surface area contributed by atoms with Gasteiger partial charge in [0, 0.05) is 4.47 Å². The second-order valence-electron chi connectivity index (χ2n) is 5.11. The Balaban J connectivity index is 2.88. The molecule has 0 radical (unpaired) electrons. The fraction of sp³-hybridized carbons (Fsp3) is 0.385. The Morgan fingerprint density at radius 3 is 2.25 bits per heavy atom. The highest BCUT2D eigenvalue weighted by Gasteiger charge is 2.25. The molecule has 2 amide bonds. The van der Waals surface area contributed by atoms with Crippen molar-refractivity contribution < 1.29 is 19.5 Å². The quantitative estimate of drug-likeness (QED) is 0.580. The maximum Gasteiger partial charge on any atom is 0.408 e. The number of halogens is 1. The van der Waals surface area contributed by atoms with Gasteiger partial charge in [-0.3, -0.25) is 10.0 Å². The molecule has 1 aromatic carbocycles. The molecule has 0 aromatic heterocycles. The summed E-state index contributed by atoms with van der Waals surface area (Å²) in [7, 11) is 0. The Morgan fingerprint density at radius 2 is 1.80 bits per heavy atom. The van der Waals surface area contributed by atoms with Crippen molar-refractivity contribution in [3.8, 4) is 0 Å². The van der Waals surface area contributed by atoms with Gasteiger partial charge in [0.1, 0.15) is 11.6 Å². The van der Waals surface area contributed by atoms with Crippen molar-refractivity contribution in [3.05, 3.63) is 34.3 Å². The topological polar surface area (TPSA) is 87.7 Å². The van der Waals surface area contributed by atoms with Crippen molar-refractivity contribution in [2.45, 2.75) is 32.4 Å². The molecule has 0 unspecified atom stereocenters. The van der Waals surface area contributed by atoms with E-state index in [1.807, 2.05) is 0 Å². The molecule has 3 N–H and O–H groups in total. The molecule has 0 aliphatic carbocycles. The van der Waals surface area contributed by atoms with Crippen molar-refractivity contribution >= 4 is 27.9 Å². The minimum absolute atomic E-state index is 0.519. The van der Waals surface area contributed by atoms with Crippen LogP contribution in [0.3, 0.4) is 0 Å². The Labute approximate surface area is 125 Å². The molecule has 7 heteroatoms. The minimum atomic E-state index is -1.04. The van der Waals surface area contributed by atoms with E-state index in [9.17, 15) is 9.59 Å². The minimum Gasteiger partial charge on any atom is -0.444 e. The van der Waals surface area contributed by atoms with E-state index in [0.29, 0.717) is 5.56 Å². The van der Waals surface area contributed by atoms with Crippen molar-refractivity contribution in [3.63, 3.8) is 0 Å². The summed E-state index contributed by atoms with van der Waals surface area (Å²) in [5.41, 5.74) is 1.37. The molecule has 0 heterocycles. The second kappa shape index (κ2) is 6.71. The Kier molecular flexibility index (Phi) is 5.52. The predicted molar refractivity (Wildman–Crippen MR) is 76.2 cm³/mol. The maximum atomic E-state index is 11.7. The van der Waals surface area contributed by atoms with E-state index in [4.69, 9.17) is 9.94 Å². The van der Waals surface area contributed by atoms with Crippen LogP contribution in [0, 0.1) is 0 Å². The van der Waals surface area contributed by atoms with E-state index < -0.39 is 23.6 Å². The molecule has 0 aliphatic rings. The van der Waals surface area contributed by atoms with Gasteiger partial charge in [-0.05, 0) is 38.5 Å². The second-order valence-corrected chi connectivity index (χ2v) is 6.02. The molecule has 6 nitrogen and oxygen atoms in total. The van der Waals surface area contributed by atoms with Crippen molar-refractivity contribution in [2.24, 2.45) is 0 Å². The first-order valence-corrected chi connectivity index (χ1v) is 6.71. The summed E-state index contributed by atoms with van der Waals surface area (Å²) in [6.45, 7) is 5.15. The van der Waals surface area contributed by atoms with E-state index in [0.717, 1.165) is 4.47 Å².